The standard InChI is InChI=1S/C12H15NOS2/c1-3-13-11(10-5-4-7-15-10)12-9(14-2)6-8-16-12/h4-8,11,13H,3H2,1-2H3. The Kier molecular flexibility index (Phi) is 3.98. The molecule has 86 valence electrons. The number of hydrogen-bond donors (Lipinski definition) is 1. The first-order valence-electron chi connectivity index (χ1n) is 5.25. The zero-order chi connectivity index (χ0) is 11.4. The SMILES string of the molecule is CCNC(c1cccs1)c1sccc1OC. The third-order valence-corrected chi connectivity index (χ3v) is 4.28. The molecule has 1 atom stereocenters. The second-order valence-electron chi connectivity index (χ2n) is 3.36. The summed E-state index contributed by atoms with van der Waals surface area (Å²) in [5.74, 6) is 0.976. The Morgan fingerprint density at radius 3 is 2.81 bits per heavy atom. The molecule has 4 heteroatoms. The van der Waals surface area contributed by atoms with Crippen LogP contribution < -0.4 is 10.1 Å². The summed E-state index contributed by atoms with van der Waals surface area (Å²) in [5, 5.41) is 7.69. The van der Waals surface area contributed by atoms with Crippen molar-refractivity contribution in [3.8, 4) is 5.75 Å². The molecule has 2 aromatic heterocycles. The van der Waals surface area contributed by atoms with Crippen LogP contribution in [-0.4, -0.2) is 13.7 Å². The molecule has 2 heterocycles. The second kappa shape index (κ2) is 5.48. The van der Waals surface area contributed by atoms with E-state index in [4.69, 9.17) is 4.74 Å². The van der Waals surface area contributed by atoms with Crippen molar-refractivity contribution in [1.82, 2.24) is 5.32 Å². The fourth-order valence-corrected chi connectivity index (χ4v) is 3.51. The smallest absolute Gasteiger partial charge is 0.134 e. The van der Waals surface area contributed by atoms with Gasteiger partial charge in [-0.15, -0.1) is 22.7 Å². The molecule has 16 heavy (non-hydrogen) atoms. The minimum absolute atomic E-state index is 0.264. The van der Waals surface area contributed by atoms with Crippen LogP contribution in [0.2, 0.25) is 0 Å². The van der Waals surface area contributed by atoms with E-state index in [0.29, 0.717) is 0 Å². The van der Waals surface area contributed by atoms with Crippen LogP contribution >= 0.6 is 22.7 Å². The highest BCUT2D eigenvalue weighted by Crippen LogP contribution is 2.36. The molecular formula is C12H15NOS2. The fourth-order valence-electron chi connectivity index (χ4n) is 1.67. The maximum Gasteiger partial charge on any atom is 0.134 e. The minimum Gasteiger partial charge on any atom is -0.496 e. The first-order chi connectivity index (χ1) is 7.86. The van der Waals surface area contributed by atoms with E-state index >= 15 is 0 Å². The van der Waals surface area contributed by atoms with Crippen molar-refractivity contribution in [1.29, 1.82) is 0 Å². The van der Waals surface area contributed by atoms with Crippen LogP contribution in [0.1, 0.15) is 22.7 Å². The lowest BCUT2D eigenvalue weighted by Gasteiger charge is -2.16. The summed E-state index contributed by atoms with van der Waals surface area (Å²) in [5.41, 5.74) is 0. The topological polar surface area (TPSA) is 21.3 Å². The Bertz CT molecular complexity index is 422. The van der Waals surface area contributed by atoms with E-state index in [1.807, 2.05) is 6.07 Å². The predicted octanol–water partition coefficient (Wildman–Crippen LogP) is 3.52. The number of methoxy groups -OCH3 is 1. The van der Waals surface area contributed by atoms with Crippen molar-refractivity contribution >= 4 is 22.7 Å². The maximum atomic E-state index is 5.39. The van der Waals surface area contributed by atoms with E-state index in [0.717, 1.165) is 12.3 Å². The molecule has 0 bridgehead atoms. The van der Waals surface area contributed by atoms with Gasteiger partial charge < -0.3 is 10.1 Å². The molecule has 0 amide bonds. The van der Waals surface area contributed by atoms with Crippen LogP contribution in [0, 0.1) is 0 Å². The summed E-state index contributed by atoms with van der Waals surface area (Å²) in [6, 6.07) is 6.54. The Morgan fingerprint density at radius 2 is 2.19 bits per heavy atom. The van der Waals surface area contributed by atoms with Gasteiger partial charge in [0, 0.05) is 4.88 Å². The summed E-state index contributed by atoms with van der Waals surface area (Å²) < 4.78 is 5.39. The van der Waals surface area contributed by atoms with Crippen LogP contribution in [0.3, 0.4) is 0 Å². The first-order valence-corrected chi connectivity index (χ1v) is 7.01. The summed E-state index contributed by atoms with van der Waals surface area (Å²) in [7, 11) is 1.73. The third kappa shape index (κ3) is 2.29. The zero-order valence-corrected chi connectivity index (χ0v) is 11.0. The number of ether oxygens (including phenoxy) is 1. The zero-order valence-electron chi connectivity index (χ0n) is 9.40. The van der Waals surface area contributed by atoms with Gasteiger partial charge in [0.2, 0.25) is 0 Å². The quantitative estimate of drug-likeness (QED) is 0.880. The number of nitrogens with one attached hydrogen (secondary N) is 1. The van der Waals surface area contributed by atoms with Gasteiger partial charge in [-0.1, -0.05) is 13.0 Å². The molecule has 0 aliphatic rings. The van der Waals surface area contributed by atoms with E-state index < -0.39 is 0 Å². The van der Waals surface area contributed by atoms with Crippen molar-refractivity contribution in [2.45, 2.75) is 13.0 Å². The third-order valence-electron chi connectivity index (χ3n) is 2.38. The molecule has 0 saturated heterocycles. The molecule has 0 radical (unpaired) electrons. The van der Waals surface area contributed by atoms with Crippen LogP contribution in [-0.2, 0) is 0 Å². The van der Waals surface area contributed by atoms with Gasteiger partial charge >= 0.3 is 0 Å². The summed E-state index contributed by atoms with van der Waals surface area (Å²) in [4.78, 5) is 2.59. The van der Waals surface area contributed by atoms with Crippen molar-refractivity contribution in [3.05, 3.63) is 38.7 Å². The monoisotopic (exact) mass is 253 g/mol. The van der Waals surface area contributed by atoms with Gasteiger partial charge in [0.15, 0.2) is 0 Å². The lowest BCUT2D eigenvalue weighted by atomic mass is 10.2. The highest BCUT2D eigenvalue weighted by atomic mass is 32.1. The number of rotatable bonds is 5. The van der Waals surface area contributed by atoms with Gasteiger partial charge in [0.05, 0.1) is 18.0 Å². The summed E-state index contributed by atoms with van der Waals surface area (Å²) in [6.07, 6.45) is 0. The first kappa shape index (κ1) is 11.6. The van der Waals surface area contributed by atoms with Gasteiger partial charge in [0.1, 0.15) is 5.75 Å². The Balaban J connectivity index is 2.33. The average molecular weight is 253 g/mol. The molecule has 1 N–H and O–H groups in total. The number of hydrogen-bond acceptors (Lipinski definition) is 4. The molecule has 0 spiro atoms. The Morgan fingerprint density at radius 1 is 1.31 bits per heavy atom. The molecular weight excluding hydrogens is 238 g/mol. The van der Waals surface area contributed by atoms with Crippen molar-refractivity contribution in [2.75, 3.05) is 13.7 Å². The highest BCUT2D eigenvalue weighted by molar-refractivity contribution is 7.11. The molecule has 2 rings (SSSR count). The van der Waals surface area contributed by atoms with Crippen molar-refractivity contribution in [3.63, 3.8) is 0 Å². The van der Waals surface area contributed by atoms with Gasteiger partial charge in [-0.2, -0.15) is 0 Å². The molecule has 0 aliphatic carbocycles. The largest absolute Gasteiger partial charge is 0.496 e. The minimum atomic E-state index is 0.264. The van der Waals surface area contributed by atoms with Crippen molar-refractivity contribution < 1.29 is 4.74 Å². The average Bonchev–Trinajstić information content (AvgIpc) is 2.96. The highest BCUT2D eigenvalue weighted by Gasteiger charge is 2.19. The molecule has 0 fully saturated rings. The molecule has 2 aromatic rings. The Hall–Kier alpha value is -0.840. The lowest BCUT2D eigenvalue weighted by Crippen LogP contribution is -2.20. The lowest BCUT2D eigenvalue weighted by molar-refractivity contribution is 0.408. The van der Waals surface area contributed by atoms with Crippen LogP contribution in [0.15, 0.2) is 29.0 Å². The molecule has 0 aliphatic heterocycles. The maximum absolute atomic E-state index is 5.39. The van der Waals surface area contributed by atoms with Crippen LogP contribution in [0.4, 0.5) is 0 Å². The second-order valence-corrected chi connectivity index (χ2v) is 5.29. The molecule has 2 nitrogen and oxygen atoms in total. The van der Waals surface area contributed by atoms with E-state index in [1.54, 1.807) is 29.8 Å². The number of thiophene rings is 2. The van der Waals surface area contributed by atoms with Crippen LogP contribution in [0.5, 0.6) is 5.75 Å². The predicted molar refractivity (Wildman–Crippen MR) is 70.7 cm³/mol. The molecule has 0 aromatic carbocycles. The summed E-state index contributed by atoms with van der Waals surface area (Å²) in [6.45, 7) is 3.07. The van der Waals surface area contributed by atoms with Gasteiger partial charge in [-0.3, -0.25) is 0 Å². The van der Waals surface area contributed by atoms with E-state index in [1.165, 1.54) is 9.75 Å². The van der Waals surface area contributed by atoms with Crippen LogP contribution in [0.25, 0.3) is 0 Å². The Labute approximate surface area is 104 Å². The van der Waals surface area contributed by atoms with E-state index in [-0.39, 0.29) is 6.04 Å². The fraction of sp³-hybridized carbons (Fsp3) is 0.333. The van der Waals surface area contributed by atoms with Gasteiger partial charge in [-0.25, -0.2) is 0 Å². The normalized spacial score (nSPS) is 12.6. The van der Waals surface area contributed by atoms with Gasteiger partial charge in [-0.05, 0) is 29.4 Å². The molecule has 1 unspecified atom stereocenters. The summed E-state index contributed by atoms with van der Waals surface area (Å²) >= 11 is 3.52. The van der Waals surface area contributed by atoms with E-state index in [2.05, 4.69) is 35.1 Å². The van der Waals surface area contributed by atoms with E-state index in [9.17, 15) is 0 Å². The molecule has 0 saturated carbocycles. The van der Waals surface area contributed by atoms with Crippen molar-refractivity contribution in [2.24, 2.45) is 0 Å². The van der Waals surface area contributed by atoms with Gasteiger partial charge in [0.25, 0.3) is 0 Å².